The van der Waals surface area contributed by atoms with Gasteiger partial charge in [-0.05, 0) is 57.1 Å². The number of piperidine rings is 1. The van der Waals surface area contributed by atoms with Crippen molar-refractivity contribution in [2.45, 2.75) is 44.6 Å². The van der Waals surface area contributed by atoms with Crippen molar-refractivity contribution in [2.24, 2.45) is 5.92 Å². The molecule has 1 aromatic heterocycles. The smallest absolute Gasteiger partial charge is 0.272 e. The molecule has 2 saturated heterocycles. The number of carbonyl (C=O) groups is 1. The molecule has 1 atom stereocenters. The molecule has 5 nitrogen and oxygen atoms in total. The molecule has 0 aromatic carbocycles. The number of aromatic nitrogens is 1. The van der Waals surface area contributed by atoms with Gasteiger partial charge in [0.1, 0.15) is 5.69 Å². The number of hydrogen-bond acceptors (Lipinski definition) is 4. The van der Waals surface area contributed by atoms with Crippen LogP contribution in [0.25, 0.3) is 0 Å². The molecule has 146 valence electrons. The van der Waals surface area contributed by atoms with Crippen molar-refractivity contribution in [1.29, 1.82) is 0 Å². The van der Waals surface area contributed by atoms with E-state index < -0.39 is 0 Å². The lowest BCUT2D eigenvalue weighted by Gasteiger charge is -2.48. The maximum Gasteiger partial charge on any atom is 0.272 e. The van der Waals surface area contributed by atoms with Crippen LogP contribution >= 0.6 is 0 Å². The fraction of sp³-hybridized carbons (Fsp3) is 0.636. The van der Waals surface area contributed by atoms with Crippen LogP contribution in [0.3, 0.4) is 0 Å². The minimum atomic E-state index is -0.0699. The maximum absolute atomic E-state index is 12.8. The number of aryl methyl sites for hydroxylation is 1. The second kappa shape index (κ2) is 8.11. The summed E-state index contributed by atoms with van der Waals surface area (Å²) in [5.41, 5.74) is 1.38. The third-order valence-electron chi connectivity index (χ3n) is 6.29. The Balaban J connectivity index is 1.33. The number of amides is 1. The fourth-order valence-corrected chi connectivity index (χ4v) is 4.71. The lowest BCUT2D eigenvalue weighted by molar-refractivity contribution is -0.134. The summed E-state index contributed by atoms with van der Waals surface area (Å²) in [5.74, 6) is 0.842. The van der Waals surface area contributed by atoms with Gasteiger partial charge in [0.2, 0.25) is 0 Å². The Labute approximate surface area is 162 Å². The van der Waals surface area contributed by atoms with Gasteiger partial charge >= 0.3 is 0 Å². The van der Waals surface area contributed by atoms with Crippen LogP contribution in [0.5, 0.6) is 0 Å². The summed E-state index contributed by atoms with van der Waals surface area (Å²) >= 11 is 0. The first-order valence-electron chi connectivity index (χ1n) is 10.4. The van der Waals surface area contributed by atoms with E-state index in [1.54, 1.807) is 0 Å². The second-order valence-corrected chi connectivity index (χ2v) is 8.37. The van der Waals surface area contributed by atoms with Gasteiger partial charge in [-0.3, -0.25) is 9.69 Å². The first-order valence-corrected chi connectivity index (χ1v) is 10.4. The monoisotopic (exact) mass is 369 g/mol. The third-order valence-corrected chi connectivity index (χ3v) is 6.29. The highest BCUT2D eigenvalue weighted by Crippen LogP contribution is 2.32. The van der Waals surface area contributed by atoms with Gasteiger partial charge in [-0.1, -0.05) is 18.2 Å². The Morgan fingerprint density at radius 2 is 2.11 bits per heavy atom. The van der Waals surface area contributed by atoms with Gasteiger partial charge in [-0.15, -0.1) is 0 Å². The van der Waals surface area contributed by atoms with Gasteiger partial charge in [0, 0.05) is 38.4 Å². The largest absolute Gasteiger partial charge is 0.372 e. The molecule has 1 aliphatic carbocycles. The molecule has 4 rings (SSSR count). The van der Waals surface area contributed by atoms with Gasteiger partial charge in [-0.2, -0.15) is 0 Å². The zero-order chi connectivity index (χ0) is 18.7. The zero-order valence-electron chi connectivity index (χ0n) is 16.4. The molecule has 0 bridgehead atoms. The standard InChI is InChI=1S/C22H31N3O2/c1-18-6-5-9-20(23-18)21(26)25-12-10-22(11-13-25)17-24(14-15-27-22)16-19-7-3-2-4-8-19/h2-3,5-6,9,19H,4,7-8,10-17H2,1H3. The molecule has 0 radical (unpaired) electrons. The summed E-state index contributed by atoms with van der Waals surface area (Å²) < 4.78 is 6.27. The lowest BCUT2D eigenvalue weighted by atomic mass is 9.88. The first kappa shape index (κ1) is 18.6. The van der Waals surface area contributed by atoms with Crippen molar-refractivity contribution >= 4 is 5.91 Å². The highest BCUT2D eigenvalue weighted by molar-refractivity contribution is 5.92. The summed E-state index contributed by atoms with van der Waals surface area (Å²) in [6.07, 6.45) is 10.3. The van der Waals surface area contributed by atoms with E-state index >= 15 is 0 Å². The minimum Gasteiger partial charge on any atom is -0.372 e. The van der Waals surface area contributed by atoms with Gasteiger partial charge < -0.3 is 9.64 Å². The topological polar surface area (TPSA) is 45.7 Å². The van der Waals surface area contributed by atoms with Crippen molar-refractivity contribution in [3.8, 4) is 0 Å². The minimum absolute atomic E-state index is 0.0511. The highest BCUT2D eigenvalue weighted by atomic mass is 16.5. The van der Waals surface area contributed by atoms with Gasteiger partial charge in [0.25, 0.3) is 5.91 Å². The van der Waals surface area contributed by atoms with Crippen molar-refractivity contribution in [1.82, 2.24) is 14.8 Å². The van der Waals surface area contributed by atoms with E-state index in [1.165, 1.54) is 25.8 Å². The predicted molar refractivity (Wildman–Crippen MR) is 106 cm³/mol. The molecule has 0 saturated carbocycles. The van der Waals surface area contributed by atoms with E-state index in [0.717, 1.165) is 57.2 Å². The number of hydrogen-bond donors (Lipinski definition) is 0. The molecule has 2 fully saturated rings. The molecule has 1 amide bonds. The van der Waals surface area contributed by atoms with Crippen LogP contribution in [0.2, 0.25) is 0 Å². The highest BCUT2D eigenvalue weighted by Gasteiger charge is 2.41. The van der Waals surface area contributed by atoms with Crippen LogP contribution in [-0.4, -0.2) is 65.6 Å². The Kier molecular flexibility index (Phi) is 5.60. The Bertz CT molecular complexity index is 695. The van der Waals surface area contributed by atoms with E-state index in [4.69, 9.17) is 4.74 Å². The van der Waals surface area contributed by atoms with Crippen LogP contribution in [0.4, 0.5) is 0 Å². The Hall–Kier alpha value is -1.72. The average molecular weight is 370 g/mol. The van der Waals surface area contributed by atoms with Crippen molar-refractivity contribution in [3.63, 3.8) is 0 Å². The maximum atomic E-state index is 12.8. The molecular weight excluding hydrogens is 338 g/mol. The molecule has 3 heterocycles. The van der Waals surface area contributed by atoms with Crippen molar-refractivity contribution < 1.29 is 9.53 Å². The van der Waals surface area contributed by atoms with E-state index in [9.17, 15) is 4.79 Å². The molecule has 5 heteroatoms. The lowest BCUT2D eigenvalue weighted by Crippen LogP contribution is -2.58. The first-order chi connectivity index (χ1) is 13.1. The summed E-state index contributed by atoms with van der Waals surface area (Å²) in [7, 11) is 0. The van der Waals surface area contributed by atoms with E-state index in [2.05, 4.69) is 22.0 Å². The van der Waals surface area contributed by atoms with Crippen molar-refractivity contribution in [2.75, 3.05) is 39.3 Å². The predicted octanol–water partition coefficient (Wildman–Crippen LogP) is 3.05. The quantitative estimate of drug-likeness (QED) is 0.768. The molecule has 27 heavy (non-hydrogen) atoms. The number of allylic oxidation sites excluding steroid dienone is 2. The summed E-state index contributed by atoms with van der Waals surface area (Å²) in [4.78, 5) is 21.7. The number of pyridine rings is 1. The number of ether oxygens (including phenoxy) is 1. The molecule has 1 spiro atoms. The summed E-state index contributed by atoms with van der Waals surface area (Å²) in [6.45, 7) is 7.49. The summed E-state index contributed by atoms with van der Waals surface area (Å²) in [5, 5.41) is 0. The Morgan fingerprint density at radius 1 is 1.26 bits per heavy atom. The number of likely N-dealkylation sites (tertiary alicyclic amines) is 1. The van der Waals surface area contributed by atoms with Gasteiger partial charge in [0.15, 0.2) is 0 Å². The SMILES string of the molecule is Cc1cccc(C(=O)N2CCC3(CC2)CN(CC2CC=CCC2)CCO3)n1. The van der Waals surface area contributed by atoms with Crippen LogP contribution in [-0.2, 0) is 4.74 Å². The fourth-order valence-electron chi connectivity index (χ4n) is 4.71. The molecule has 2 aliphatic heterocycles. The molecular formula is C22H31N3O2. The number of nitrogens with zero attached hydrogens (tertiary/aromatic N) is 3. The molecule has 3 aliphatic rings. The van der Waals surface area contributed by atoms with Crippen molar-refractivity contribution in [3.05, 3.63) is 41.7 Å². The van der Waals surface area contributed by atoms with E-state index in [1.807, 2.05) is 30.0 Å². The third kappa shape index (κ3) is 4.41. The number of rotatable bonds is 3. The molecule has 1 unspecified atom stereocenters. The molecule has 1 aromatic rings. The van der Waals surface area contributed by atoms with E-state index in [-0.39, 0.29) is 11.5 Å². The Morgan fingerprint density at radius 3 is 2.85 bits per heavy atom. The zero-order valence-corrected chi connectivity index (χ0v) is 16.4. The van der Waals surface area contributed by atoms with Crippen LogP contribution in [0, 0.1) is 12.8 Å². The average Bonchev–Trinajstić information content (AvgIpc) is 2.69. The normalized spacial score (nSPS) is 25.7. The second-order valence-electron chi connectivity index (χ2n) is 8.37. The van der Waals surface area contributed by atoms with Gasteiger partial charge in [0.05, 0.1) is 12.2 Å². The van der Waals surface area contributed by atoms with Crippen LogP contribution in [0.1, 0.15) is 48.3 Å². The number of morpholine rings is 1. The van der Waals surface area contributed by atoms with Crippen LogP contribution < -0.4 is 0 Å². The van der Waals surface area contributed by atoms with Crippen LogP contribution in [0.15, 0.2) is 30.4 Å². The van der Waals surface area contributed by atoms with Gasteiger partial charge in [-0.25, -0.2) is 4.98 Å². The summed E-state index contributed by atoms with van der Waals surface area (Å²) in [6, 6.07) is 5.65. The van der Waals surface area contributed by atoms with E-state index in [0.29, 0.717) is 5.69 Å². The number of carbonyl (C=O) groups excluding carboxylic acids is 1. The molecule has 0 N–H and O–H groups in total.